The van der Waals surface area contributed by atoms with Crippen molar-refractivity contribution in [2.24, 2.45) is 0 Å². The summed E-state index contributed by atoms with van der Waals surface area (Å²) in [5.74, 6) is -0.508. The number of esters is 1. The molecule has 1 amide bonds. The molecule has 0 saturated carbocycles. The molecule has 148 valence electrons. The van der Waals surface area contributed by atoms with Gasteiger partial charge in [0.1, 0.15) is 6.61 Å². The van der Waals surface area contributed by atoms with Crippen LogP contribution in [0.3, 0.4) is 0 Å². The lowest BCUT2D eigenvalue weighted by atomic mass is 10.1. The van der Waals surface area contributed by atoms with Gasteiger partial charge in [-0.25, -0.2) is 0 Å². The first-order valence-electron chi connectivity index (χ1n) is 8.79. The van der Waals surface area contributed by atoms with Crippen LogP contribution >= 0.6 is 23.2 Å². The van der Waals surface area contributed by atoms with E-state index in [9.17, 15) is 9.59 Å². The molecular formula is C19H22AlCl2N3O3. The van der Waals surface area contributed by atoms with E-state index in [4.69, 9.17) is 27.9 Å². The second-order valence-corrected chi connectivity index (χ2v) is 7.76. The highest BCUT2D eigenvalue weighted by Gasteiger charge is 2.14. The van der Waals surface area contributed by atoms with Crippen molar-refractivity contribution in [3.8, 4) is 0 Å². The topological polar surface area (TPSA) is 79.5 Å². The maximum Gasteiger partial charge on any atom is 0.319 e. The van der Waals surface area contributed by atoms with Crippen LogP contribution in [0.5, 0.6) is 0 Å². The summed E-state index contributed by atoms with van der Waals surface area (Å²) in [5, 5.41) is 6.92. The summed E-state index contributed by atoms with van der Waals surface area (Å²) in [6, 6.07) is 12.3. The average molecular weight is 438 g/mol. The van der Waals surface area contributed by atoms with E-state index in [-0.39, 0.29) is 37.5 Å². The van der Waals surface area contributed by atoms with Gasteiger partial charge in [0.15, 0.2) is 0 Å². The Bertz CT molecular complexity index is 816. The largest absolute Gasteiger partial charge is 0.463 e. The van der Waals surface area contributed by atoms with E-state index in [0.717, 1.165) is 22.1 Å². The Labute approximate surface area is 182 Å². The van der Waals surface area contributed by atoms with Gasteiger partial charge in [-0.3, -0.25) is 9.59 Å². The molecule has 0 aliphatic rings. The number of benzene rings is 2. The second kappa shape index (κ2) is 11.3. The van der Waals surface area contributed by atoms with Gasteiger partial charge in [0, 0.05) is 5.69 Å². The fourth-order valence-electron chi connectivity index (χ4n) is 2.50. The van der Waals surface area contributed by atoms with Crippen LogP contribution in [0.2, 0.25) is 10.0 Å². The standard InChI is InChI=1S/C19H20Cl2N3O3.Al.2H/c1-12(23-17(25)10-22)11-27-18(26)9-13-5-2-3-8-16(13)24-19-14(20)6-4-7-15(19)21;;;/h2-8,12,22,24H,9-11H2,1H3,(H,23,25);;;/q-1;+1;;. The molecule has 0 radical (unpaired) electrons. The van der Waals surface area contributed by atoms with Crippen LogP contribution in [-0.4, -0.2) is 47.6 Å². The van der Waals surface area contributed by atoms with Gasteiger partial charge in [-0.05, 0) is 30.7 Å². The quantitative estimate of drug-likeness (QED) is 0.414. The molecule has 3 N–H and O–H groups in total. The minimum absolute atomic E-state index is 0.0774. The molecule has 0 saturated heterocycles. The van der Waals surface area contributed by atoms with Crippen LogP contribution < -0.4 is 14.9 Å². The van der Waals surface area contributed by atoms with Crippen LogP contribution in [0.1, 0.15) is 12.5 Å². The lowest BCUT2D eigenvalue weighted by molar-refractivity contribution is -0.144. The normalized spacial score (nSPS) is 11.5. The van der Waals surface area contributed by atoms with E-state index < -0.39 is 0 Å². The average Bonchev–Trinajstić information content (AvgIpc) is 2.64. The SMILES string of the molecule is CC(COC(=O)Cc1ccccc1Nc1c(Cl)cccc1Cl)NC(=O)C[NH][AlH2]. The van der Waals surface area contributed by atoms with E-state index in [0.29, 0.717) is 21.4 Å². The van der Waals surface area contributed by atoms with Crippen LogP contribution in [0, 0.1) is 0 Å². The molecule has 0 aliphatic heterocycles. The summed E-state index contributed by atoms with van der Waals surface area (Å²) >= 11 is 13.2. The smallest absolute Gasteiger partial charge is 0.319 e. The number of ether oxygens (including phenoxy) is 1. The Hall–Kier alpha value is -1.75. The third-order valence-corrected chi connectivity index (χ3v) is 4.80. The molecular weight excluding hydrogens is 416 g/mol. The number of para-hydroxylation sites is 2. The number of carbonyl (C=O) groups is 2. The Kier molecular flexibility index (Phi) is 9.10. The van der Waals surface area contributed by atoms with Gasteiger partial charge in [-0.2, -0.15) is 0 Å². The summed E-state index contributed by atoms with van der Waals surface area (Å²) < 4.78 is 8.19. The number of amides is 1. The number of hydrogen-bond acceptors (Lipinski definition) is 5. The first kappa shape index (κ1) is 22.5. The molecule has 2 rings (SSSR count). The van der Waals surface area contributed by atoms with Gasteiger partial charge in [0.2, 0.25) is 5.91 Å². The number of halogens is 2. The van der Waals surface area contributed by atoms with E-state index in [1.54, 1.807) is 25.1 Å². The molecule has 0 aromatic heterocycles. The third-order valence-electron chi connectivity index (χ3n) is 3.81. The maximum absolute atomic E-state index is 12.2. The first-order chi connectivity index (χ1) is 13.4. The summed E-state index contributed by atoms with van der Waals surface area (Å²) in [5.41, 5.74) is 2.05. The highest BCUT2D eigenvalue weighted by Crippen LogP contribution is 2.33. The number of rotatable bonds is 9. The van der Waals surface area contributed by atoms with Crippen LogP contribution in [0.25, 0.3) is 0 Å². The van der Waals surface area contributed by atoms with E-state index in [1.807, 2.05) is 24.3 Å². The fourth-order valence-corrected chi connectivity index (χ4v) is 3.31. The van der Waals surface area contributed by atoms with Gasteiger partial charge in [-0.1, -0.05) is 47.5 Å². The number of carbonyl (C=O) groups excluding carboxylic acids is 2. The minimum atomic E-state index is -0.387. The number of anilines is 2. The molecule has 0 heterocycles. The van der Waals surface area contributed by atoms with E-state index in [2.05, 4.69) is 14.9 Å². The molecule has 0 fully saturated rings. The first-order valence-corrected chi connectivity index (χ1v) is 10.5. The zero-order valence-electron chi connectivity index (χ0n) is 15.7. The zero-order chi connectivity index (χ0) is 20.5. The molecule has 6 nitrogen and oxygen atoms in total. The summed E-state index contributed by atoms with van der Waals surface area (Å²) in [6.07, 6.45) is 0.0774. The zero-order valence-corrected chi connectivity index (χ0v) is 19.2. The van der Waals surface area contributed by atoms with Crippen molar-refractivity contribution < 1.29 is 14.3 Å². The van der Waals surface area contributed by atoms with Crippen molar-refractivity contribution in [3.05, 3.63) is 58.1 Å². The molecule has 0 spiro atoms. The molecule has 0 bridgehead atoms. The van der Waals surface area contributed by atoms with Gasteiger partial charge in [0.25, 0.3) is 0 Å². The Morgan fingerprint density at radius 3 is 2.46 bits per heavy atom. The Morgan fingerprint density at radius 2 is 1.79 bits per heavy atom. The lowest BCUT2D eigenvalue weighted by Crippen LogP contribution is -2.41. The highest BCUT2D eigenvalue weighted by molar-refractivity contribution is 6.39. The molecule has 2 aromatic rings. The second-order valence-electron chi connectivity index (χ2n) is 6.24. The van der Waals surface area contributed by atoms with Crippen LogP contribution in [0.15, 0.2) is 42.5 Å². The van der Waals surface area contributed by atoms with Crippen molar-refractivity contribution in [2.45, 2.75) is 19.4 Å². The van der Waals surface area contributed by atoms with Gasteiger partial charge in [-0.15, -0.1) is 0 Å². The lowest BCUT2D eigenvalue weighted by Gasteiger charge is -2.16. The van der Waals surface area contributed by atoms with E-state index in [1.165, 1.54) is 0 Å². The summed E-state index contributed by atoms with van der Waals surface area (Å²) in [4.78, 5) is 23.8. The number of hydrogen-bond donors (Lipinski definition) is 3. The summed E-state index contributed by atoms with van der Waals surface area (Å²) in [7, 11) is 0. The highest BCUT2D eigenvalue weighted by atomic mass is 35.5. The van der Waals surface area contributed by atoms with Gasteiger partial charge in [0.05, 0.1) is 34.7 Å². The predicted molar refractivity (Wildman–Crippen MR) is 115 cm³/mol. The Morgan fingerprint density at radius 1 is 1.11 bits per heavy atom. The van der Waals surface area contributed by atoms with Crippen LogP contribution in [0.4, 0.5) is 11.4 Å². The van der Waals surface area contributed by atoms with Crippen molar-refractivity contribution in [3.63, 3.8) is 0 Å². The molecule has 1 atom stereocenters. The van der Waals surface area contributed by atoms with E-state index >= 15 is 0 Å². The van der Waals surface area contributed by atoms with Crippen molar-refractivity contribution in [1.82, 2.24) is 9.62 Å². The van der Waals surface area contributed by atoms with Crippen molar-refractivity contribution >= 4 is 63.0 Å². The van der Waals surface area contributed by atoms with Gasteiger partial charge < -0.3 is 19.7 Å². The minimum Gasteiger partial charge on any atom is -0.463 e. The molecule has 9 heteroatoms. The molecule has 0 aliphatic carbocycles. The molecule has 28 heavy (non-hydrogen) atoms. The summed E-state index contributed by atoms with van der Waals surface area (Å²) in [6.45, 7) is 2.17. The Balaban J connectivity index is 1.97. The maximum atomic E-state index is 12.2. The molecule has 1 unspecified atom stereocenters. The monoisotopic (exact) mass is 437 g/mol. The third kappa shape index (κ3) is 7.01. The molecule has 2 aromatic carbocycles. The fraction of sp³-hybridized carbons (Fsp3) is 0.263. The van der Waals surface area contributed by atoms with Crippen LogP contribution in [-0.2, 0) is 20.7 Å². The van der Waals surface area contributed by atoms with Crippen molar-refractivity contribution in [2.75, 3.05) is 18.5 Å². The van der Waals surface area contributed by atoms with Crippen molar-refractivity contribution in [1.29, 1.82) is 0 Å². The van der Waals surface area contributed by atoms with Gasteiger partial charge >= 0.3 is 22.5 Å². The predicted octanol–water partition coefficient (Wildman–Crippen LogP) is 2.47. The number of nitrogens with one attached hydrogen (secondary N) is 3.